The van der Waals surface area contributed by atoms with E-state index in [-0.39, 0.29) is 124 Å². The Labute approximate surface area is 537 Å². The van der Waals surface area contributed by atoms with E-state index in [4.69, 9.17) is 75.8 Å². The van der Waals surface area contributed by atoms with Crippen molar-refractivity contribution in [3.63, 3.8) is 0 Å². The summed E-state index contributed by atoms with van der Waals surface area (Å²) in [5.74, 6) is -2.53. The van der Waals surface area contributed by atoms with Crippen molar-refractivity contribution < 1.29 is 109 Å². The van der Waals surface area contributed by atoms with Gasteiger partial charge in [0.1, 0.15) is 113 Å². The zero-order valence-corrected chi connectivity index (χ0v) is 50.7. The van der Waals surface area contributed by atoms with Crippen molar-refractivity contribution in [2.45, 2.75) is 48.8 Å². The van der Waals surface area contributed by atoms with Crippen molar-refractivity contribution in [1.82, 2.24) is 0 Å². The third-order valence-corrected chi connectivity index (χ3v) is 15.5. The summed E-state index contributed by atoms with van der Waals surface area (Å²) in [6.07, 6.45) is 0.234. The van der Waals surface area contributed by atoms with Crippen LogP contribution in [-0.2, 0) is 71.1 Å². The van der Waals surface area contributed by atoms with E-state index < -0.39 is 23.9 Å². The van der Waals surface area contributed by atoms with Crippen LogP contribution in [0.3, 0.4) is 0 Å². The van der Waals surface area contributed by atoms with Gasteiger partial charge in [0, 0.05) is 0 Å². The normalized spacial score (nSPS) is 21.6. The van der Waals surface area contributed by atoms with Gasteiger partial charge in [-0.1, -0.05) is 91.0 Å². The molecule has 486 valence electrons. The summed E-state index contributed by atoms with van der Waals surface area (Å²) in [4.78, 5) is 85.8. The minimum atomic E-state index is -0.550. The zero-order chi connectivity index (χ0) is 64.5. The molecule has 0 amide bonds. The molecule has 16 rings (SSSR count). The number of benzene rings is 8. The highest BCUT2D eigenvalue weighted by atomic mass is 16.6. The van der Waals surface area contributed by atoms with Crippen molar-refractivity contribution >= 4 is 84.9 Å². The first-order valence-corrected chi connectivity index (χ1v) is 30.8. The molecule has 94 heavy (non-hydrogen) atoms. The first-order chi connectivity index (χ1) is 45.9. The van der Waals surface area contributed by atoms with E-state index in [9.17, 15) is 33.6 Å². The van der Waals surface area contributed by atoms with Crippen LogP contribution >= 0.6 is 0 Å². The Balaban J connectivity index is 0.000000114. The van der Waals surface area contributed by atoms with Gasteiger partial charge >= 0.3 is 41.8 Å². The predicted octanol–water partition coefficient (Wildman–Crippen LogP) is 8.03. The van der Waals surface area contributed by atoms with Gasteiger partial charge in [-0.3, -0.25) is 0 Å². The lowest BCUT2D eigenvalue weighted by Crippen LogP contribution is -2.17. The minimum Gasteiger partial charge on any atom is -0.490 e. The minimum absolute atomic E-state index is 0.0131. The van der Waals surface area contributed by atoms with E-state index >= 15 is 0 Å². The second kappa shape index (κ2) is 29.2. The monoisotopic (exact) mass is 1280 g/mol. The van der Waals surface area contributed by atoms with E-state index in [2.05, 4.69) is 0 Å². The van der Waals surface area contributed by atoms with Gasteiger partial charge in [-0.15, -0.1) is 0 Å². The summed E-state index contributed by atoms with van der Waals surface area (Å²) in [5.41, 5.74) is 2.68. The molecule has 0 aromatic heterocycles. The van der Waals surface area contributed by atoms with Crippen LogP contribution < -0.4 is 4.74 Å². The van der Waals surface area contributed by atoms with Crippen molar-refractivity contribution in [1.29, 1.82) is 0 Å². The van der Waals surface area contributed by atoms with Gasteiger partial charge in [-0.2, -0.15) is 0 Å². The Morgan fingerprint density at radius 3 is 0.936 bits per heavy atom. The molecule has 0 bridgehead atoms. The smallest absolute Gasteiger partial charge is 0.342 e. The highest BCUT2D eigenvalue weighted by Crippen LogP contribution is 2.32. The largest absolute Gasteiger partial charge is 0.490 e. The fourth-order valence-electron chi connectivity index (χ4n) is 9.54. The Morgan fingerprint density at radius 2 is 0.564 bits per heavy atom. The van der Waals surface area contributed by atoms with Gasteiger partial charge in [-0.05, 0) is 97.7 Å². The second-order valence-corrected chi connectivity index (χ2v) is 23.0. The fourth-order valence-corrected chi connectivity index (χ4v) is 9.54. The molecular weight excluding hydrogens is 1220 g/mol. The highest BCUT2D eigenvalue weighted by molar-refractivity contribution is 6.12. The molecule has 8 fully saturated rings. The molecule has 0 radical (unpaired) electrons. The Kier molecular flexibility index (Phi) is 19.7. The van der Waals surface area contributed by atoms with E-state index in [0.717, 1.165) is 32.3 Å². The summed E-state index contributed by atoms with van der Waals surface area (Å²) in [6, 6.07) is 43.2. The Morgan fingerprint density at radius 1 is 0.277 bits per heavy atom. The van der Waals surface area contributed by atoms with Crippen LogP contribution in [0.1, 0.15) is 72.5 Å². The Hall–Kier alpha value is -9.43. The number of esters is 7. The molecule has 8 aliphatic heterocycles. The van der Waals surface area contributed by atoms with Crippen molar-refractivity contribution in [3.8, 4) is 5.75 Å². The van der Waals surface area contributed by atoms with Crippen LogP contribution in [0.15, 0.2) is 146 Å². The van der Waals surface area contributed by atoms with E-state index in [1.807, 2.05) is 72.8 Å². The van der Waals surface area contributed by atoms with E-state index in [0.29, 0.717) is 104 Å². The number of hydrogen-bond acceptors (Lipinski definition) is 23. The molecule has 8 atom stereocenters. The van der Waals surface area contributed by atoms with Crippen LogP contribution in [-0.4, -0.2) is 196 Å². The summed E-state index contributed by atoms with van der Waals surface area (Å²) in [6.45, 7) is 7.31. The van der Waals surface area contributed by atoms with Crippen molar-refractivity contribution in [3.05, 3.63) is 185 Å². The van der Waals surface area contributed by atoms with E-state index in [1.165, 1.54) is 0 Å². The fraction of sp³-hybridized carbons (Fsp3) is 0.338. The third kappa shape index (κ3) is 17.8. The maximum atomic E-state index is 12.5. The van der Waals surface area contributed by atoms with Crippen molar-refractivity contribution in [2.24, 2.45) is 0 Å². The standard InChI is InChI=1S/3C18H16O6.C17H16O5/c19-17(23-9-15-7-21-15)13-3-1-11-5-14(4-2-12(11)6-13)18(20)24-10-16-8-22-16;19-17(23-9-13-7-21-13)15-5-11-3-1-2-4-12(11)6-16(15)18(20)24-10-14-8-22-14;19-17(23-9-11-7-21-11)15-5-6-16(14-4-2-1-3-13(14)15)18(20)24-10-12-8-22-12;18-17(22-10-13-8-20-13)16-14-4-2-1-3-11(14)5-6-15(16)21-9-12-7-19-12/h1-6,15-16H,7-10H2;1-6,13-14H,7-10H2;1-6,11-12H,7-10H2;1-6,12-13H,7-10H2. The maximum absolute atomic E-state index is 12.5. The molecule has 8 aromatic rings. The summed E-state index contributed by atoms with van der Waals surface area (Å²) < 4.78 is 82.8. The Bertz CT molecular complexity index is 3930. The number of fused-ring (bicyclic) bond motifs is 4. The molecule has 0 saturated carbocycles. The molecule has 8 heterocycles. The molecule has 0 aliphatic carbocycles. The van der Waals surface area contributed by atoms with Crippen LogP contribution in [0.2, 0.25) is 0 Å². The van der Waals surface area contributed by atoms with Gasteiger partial charge in [0.2, 0.25) is 0 Å². The number of carbonyl (C=O) groups is 7. The van der Waals surface area contributed by atoms with Gasteiger partial charge in [0.25, 0.3) is 0 Å². The third-order valence-electron chi connectivity index (χ3n) is 15.5. The van der Waals surface area contributed by atoms with Gasteiger partial charge < -0.3 is 75.8 Å². The van der Waals surface area contributed by atoms with Crippen molar-refractivity contribution in [2.75, 3.05) is 106 Å². The van der Waals surface area contributed by atoms with Crippen LogP contribution in [0, 0.1) is 0 Å². The second-order valence-electron chi connectivity index (χ2n) is 23.0. The van der Waals surface area contributed by atoms with Gasteiger partial charge in [0.05, 0.1) is 86.2 Å². The molecule has 23 heteroatoms. The number of ether oxygens (including phenoxy) is 16. The summed E-state index contributed by atoms with van der Waals surface area (Å²) in [5, 5.41) is 6.56. The highest BCUT2D eigenvalue weighted by Gasteiger charge is 2.33. The topological polar surface area (TPSA) is 294 Å². The number of rotatable bonds is 24. The zero-order valence-electron chi connectivity index (χ0n) is 50.7. The quantitative estimate of drug-likeness (QED) is 0.0314. The summed E-state index contributed by atoms with van der Waals surface area (Å²) in [7, 11) is 0. The first-order valence-electron chi connectivity index (χ1n) is 30.8. The number of carbonyl (C=O) groups excluding carboxylic acids is 7. The maximum Gasteiger partial charge on any atom is 0.342 e. The average molecular weight is 1290 g/mol. The van der Waals surface area contributed by atoms with E-state index in [1.54, 1.807) is 72.8 Å². The summed E-state index contributed by atoms with van der Waals surface area (Å²) >= 11 is 0. The van der Waals surface area contributed by atoms with Crippen LogP contribution in [0.5, 0.6) is 5.75 Å². The molecule has 0 spiro atoms. The predicted molar refractivity (Wildman–Crippen MR) is 331 cm³/mol. The lowest BCUT2D eigenvalue weighted by molar-refractivity contribution is 0.0431. The molecular formula is C71H64O23. The molecule has 0 N–H and O–H groups in total. The van der Waals surface area contributed by atoms with Gasteiger partial charge in [0.15, 0.2) is 0 Å². The lowest BCUT2D eigenvalue weighted by Gasteiger charge is -2.13. The van der Waals surface area contributed by atoms with Gasteiger partial charge in [-0.25, -0.2) is 33.6 Å². The average Bonchev–Trinajstić information content (AvgIpc) is 2.15. The lowest BCUT2D eigenvalue weighted by atomic mass is 9.99. The molecule has 8 unspecified atom stereocenters. The molecule has 23 nitrogen and oxygen atoms in total. The van der Waals surface area contributed by atoms with Crippen LogP contribution in [0.25, 0.3) is 43.1 Å². The molecule has 8 saturated heterocycles. The van der Waals surface area contributed by atoms with Crippen LogP contribution in [0.4, 0.5) is 0 Å². The molecule has 8 aromatic carbocycles. The number of epoxide rings is 8. The molecule has 8 aliphatic rings. The first kappa shape index (κ1) is 63.3. The SMILES string of the molecule is O=C(OCC1CO1)c1c(OCC2CO2)ccc2ccccc12.O=C(OCC1CO1)c1cc2ccccc2cc1C(=O)OCC1CO1.O=C(OCC1CO1)c1ccc(C(=O)OCC2CO2)c2ccccc12.O=C(OCC1CO1)c1ccc2cc(C(=O)OCC3CO3)ccc2c1. The number of hydrogen-bond donors (Lipinski definition) is 0.